The van der Waals surface area contributed by atoms with Crippen LogP contribution in [0.4, 0.5) is 17.1 Å². The van der Waals surface area contributed by atoms with Crippen LogP contribution in [0.15, 0.2) is 78.5 Å². The number of hydrogen-bond donors (Lipinski definition) is 2. The van der Waals surface area contributed by atoms with Crippen LogP contribution in [-0.2, 0) is 4.79 Å². The molecule has 0 bridgehead atoms. The van der Waals surface area contributed by atoms with Gasteiger partial charge in [-0.15, -0.1) is 0 Å². The Morgan fingerprint density at radius 1 is 1.06 bits per heavy atom. The normalized spacial score (nSPS) is 21.2. The number of nitro groups is 1. The molecule has 0 radical (unpaired) electrons. The number of benzene rings is 3. The molecule has 1 aliphatic carbocycles. The molecule has 1 aliphatic heterocycles. The van der Waals surface area contributed by atoms with Crippen LogP contribution in [0, 0.1) is 16.0 Å². The lowest BCUT2D eigenvalue weighted by Gasteiger charge is -2.32. The molecule has 34 heavy (non-hydrogen) atoms. The van der Waals surface area contributed by atoms with Crippen LogP contribution < -0.4 is 15.4 Å². The van der Waals surface area contributed by atoms with E-state index in [0.717, 1.165) is 28.4 Å². The molecule has 2 aliphatic rings. The molecule has 0 saturated carbocycles. The van der Waals surface area contributed by atoms with Crippen molar-refractivity contribution in [2.45, 2.75) is 18.4 Å². The zero-order valence-corrected chi connectivity index (χ0v) is 19.1. The Hall–Kier alpha value is -3.84. The van der Waals surface area contributed by atoms with Gasteiger partial charge in [-0.05, 0) is 35.9 Å². The first kappa shape index (κ1) is 22.0. The summed E-state index contributed by atoms with van der Waals surface area (Å²) in [4.78, 5) is 24.6. The highest BCUT2D eigenvalue weighted by Crippen LogP contribution is 2.46. The van der Waals surface area contributed by atoms with Gasteiger partial charge in [0.1, 0.15) is 11.5 Å². The van der Waals surface area contributed by atoms with Crippen molar-refractivity contribution in [3.63, 3.8) is 0 Å². The summed E-state index contributed by atoms with van der Waals surface area (Å²) in [5.41, 5.74) is 3.82. The van der Waals surface area contributed by atoms with Crippen molar-refractivity contribution in [1.29, 1.82) is 0 Å². The molecule has 3 aromatic rings. The molecule has 1 heterocycles. The number of anilines is 2. The van der Waals surface area contributed by atoms with Crippen molar-refractivity contribution < 1.29 is 14.5 Å². The molecular weight excluding hydrogens is 454 g/mol. The van der Waals surface area contributed by atoms with Crippen LogP contribution in [-0.4, -0.2) is 17.8 Å². The van der Waals surface area contributed by atoms with E-state index < -0.39 is 16.9 Å². The third-order valence-corrected chi connectivity index (χ3v) is 6.75. The lowest BCUT2D eigenvalue weighted by Crippen LogP contribution is -2.34. The number of methoxy groups -OCH3 is 1. The lowest BCUT2D eigenvalue weighted by molar-refractivity contribution is -0.384. The van der Waals surface area contributed by atoms with E-state index in [1.54, 1.807) is 7.11 Å². The smallest absolute Gasteiger partial charge is 0.269 e. The lowest BCUT2D eigenvalue weighted by atomic mass is 9.76. The van der Waals surface area contributed by atoms with E-state index in [9.17, 15) is 14.9 Å². The Bertz CT molecular complexity index is 1310. The SMILES string of the molecule is COc1ccc(C2C=C3Nc4ccccc4NC(c4cc([N+](=O)[O-])ccc4Cl)C3C(=O)C2)cc1. The van der Waals surface area contributed by atoms with Crippen molar-refractivity contribution in [2.24, 2.45) is 5.92 Å². The van der Waals surface area contributed by atoms with E-state index >= 15 is 0 Å². The van der Waals surface area contributed by atoms with Crippen LogP contribution >= 0.6 is 11.6 Å². The van der Waals surface area contributed by atoms with Gasteiger partial charge in [0.15, 0.2) is 0 Å². The maximum absolute atomic E-state index is 13.6. The van der Waals surface area contributed by atoms with Crippen molar-refractivity contribution >= 4 is 34.4 Å². The van der Waals surface area contributed by atoms with Crippen LogP contribution in [0.1, 0.15) is 29.5 Å². The third-order valence-electron chi connectivity index (χ3n) is 6.40. The molecular formula is C26H22ClN3O4. The number of rotatable bonds is 4. The Morgan fingerprint density at radius 2 is 1.79 bits per heavy atom. The van der Waals surface area contributed by atoms with E-state index in [0.29, 0.717) is 17.0 Å². The average Bonchev–Trinajstić information content (AvgIpc) is 3.01. The molecule has 3 unspecified atom stereocenters. The summed E-state index contributed by atoms with van der Waals surface area (Å²) in [6.45, 7) is 0. The van der Waals surface area contributed by atoms with E-state index in [4.69, 9.17) is 16.3 Å². The van der Waals surface area contributed by atoms with Crippen LogP contribution in [0.25, 0.3) is 0 Å². The molecule has 0 saturated heterocycles. The maximum Gasteiger partial charge on any atom is 0.269 e. The van der Waals surface area contributed by atoms with Crippen molar-refractivity contribution in [3.8, 4) is 5.75 Å². The molecule has 0 fully saturated rings. The summed E-state index contributed by atoms with van der Waals surface area (Å²) in [6, 6.07) is 19.1. The molecule has 0 spiro atoms. The quantitative estimate of drug-likeness (QED) is 0.350. The van der Waals surface area contributed by atoms with E-state index in [1.165, 1.54) is 18.2 Å². The zero-order chi connectivity index (χ0) is 23.8. The van der Waals surface area contributed by atoms with Gasteiger partial charge in [-0.1, -0.05) is 41.9 Å². The molecule has 3 atom stereocenters. The fourth-order valence-electron chi connectivity index (χ4n) is 4.71. The summed E-state index contributed by atoms with van der Waals surface area (Å²) < 4.78 is 5.26. The number of halogens is 1. The highest BCUT2D eigenvalue weighted by molar-refractivity contribution is 6.31. The molecule has 7 nitrogen and oxygen atoms in total. The highest BCUT2D eigenvalue weighted by atomic mass is 35.5. The second-order valence-corrected chi connectivity index (χ2v) is 8.81. The third kappa shape index (κ3) is 3.99. The van der Waals surface area contributed by atoms with Gasteiger partial charge >= 0.3 is 0 Å². The highest BCUT2D eigenvalue weighted by Gasteiger charge is 2.40. The first-order valence-corrected chi connectivity index (χ1v) is 11.3. The van der Waals surface area contributed by atoms with Crippen molar-refractivity contribution in [1.82, 2.24) is 0 Å². The van der Waals surface area contributed by atoms with Gasteiger partial charge in [0.2, 0.25) is 0 Å². The van der Waals surface area contributed by atoms with Crippen LogP contribution in [0.2, 0.25) is 5.02 Å². The minimum Gasteiger partial charge on any atom is -0.497 e. The minimum absolute atomic E-state index is 0.0266. The first-order valence-electron chi connectivity index (χ1n) is 10.9. The largest absolute Gasteiger partial charge is 0.497 e. The van der Waals surface area contributed by atoms with Crippen LogP contribution in [0.5, 0.6) is 5.75 Å². The fourth-order valence-corrected chi connectivity index (χ4v) is 4.95. The number of ketones is 1. The predicted octanol–water partition coefficient (Wildman–Crippen LogP) is 6.09. The second-order valence-electron chi connectivity index (χ2n) is 8.41. The monoisotopic (exact) mass is 475 g/mol. The number of hydrogen-bond acceptors (Lipinski definition) is 6. The summed E-state index contributed by atoms with van der Waals surface area (Å²) in [5, 5.41) is 18.7. The number of carbonyl (C=O) groups excluding carboxylic acids is 1. The van der Waals surface area contributed by atoms with Crippen LogP contribution in [0.3, 0.4) is 0 Å². The van der Waals surface area contributed by atoms with Gasteiger partial charge in [0.25, 0.3) is 5.69 Å². The Morgan fingerprint density at radius 3 is 2.50 bits per heavy atom. The van der Waals surface area contributed by atoms with E-state index in [-0.39, 0.29) is 17.4 Å². The molecule has 8 heteroatoms. The second kappa shape index (κ2) is 8.83. The summed E-state index contributed by atoms with van der Waals surface area (Å²) in [5.74, 6) is 0.0891. The molecule has 2 N–H and O–H groups in total. The number of Topliss-reactive ketones (excluding diaryl/α,β-unsaturated/α-hetero) is 1. The Labute approximate surface area is 201 Å². The van der Waals surface area contributed by atoms with Crippen molar-refractivity contribution in [2.75, 3.05) is 17.7 Å². The number of ether oxygens (including phenoxy) is 1. The molecule has 5 rings (SSSR count). The molecule has 172 valence electrons. The van der Waals surface area contributed by atoms with E-state index in [1.807, 2.05) is 48.5 Å². The topological polar surface area (TPSA) is 93.5 Å². The molecule has 0 aromatic heterocycles. The van der Waals surface area contributed by atoms with Gasteiger partial charge < -0.3 is 15.4 Å². The number of carbonyl (C=O) groups is 1. The maximum atomic E-state index is 13.6. The van der Waals surface area contributed by atoms with E-state index in [2.05, 4.69) is 16.7 Å². The predicted molar refractivity (Wildman–Crippen MR) is 131 cm³/mol. The van der Waals surface area contributed by atoms with Crippen molar-refractivity contribution in [3.05, 3.63) is 105 Å². The standard InChI is InChI=1S/C26H22ClN3O4/c1-34-18-9-6-15(7-10-18)16-12-23-25(24(31)13-16)26(29-22-5-3-2-4-21(22)28-23)19-14-17(30(32)33)8-11-20(19)27/h2-12,14,16,25-26,28-29H,13H2,1H3. The molecule has 0 amide bonds. The number of para-hydroxylation sites is 2. The van der Waals surface area contributed by atoms with Gasteiger partial charge in [-0.3, -0.25) is 14.9 Å². The molecule has 3 aromatic carbocycles. The number of allylic oxidation sites excluding steroid dienone is 1. The van der Waals surface area contributed by atoms with Gasteiger partial charge in [0.05, 0.1) is 35.4 Å². The Kier molecular flexibility index (Phi) is 5.71. The summed E-state index contributed by atoms with van der Waals surface area (Å²) in [7, 11) is 1.62. The zero-order valence-electron chi connectivity index (χ0n) is 18.3. The van der Waals surface area contributed by atoms with Gasteiger partial charge in [0, 0.05) is 40.8 Å². The average molecular weight is 476 g/mol. The minimum atomic E-state index is -0.582. The number of non-ortho nitro benzene ring substituents is 1. The number of nitrogens with zero attached hydrogens (tertiary/aromatic N) is 1. The number of fused-ring (bicyclic) bond motifs is 2. The van der Waals surface area contributed by atoms with Gasteiger partial charge in [-0.2, -0.15) is 0 Å². The van der Waals surface area contributed by atoms with Gasteiger partial charge in [-0.25, -0.2) is 0 Å². The Balaban J connectivity index is 1.63. The summed E-state index contributed by atoms with van der Waals surface area (Å²) in [6.07, 6.45) is 2.39. The number of nitrogens with one attached hydrogen (secondary N) is 2. The first-order chi connectivity index (χ1) is 16.4. The number of nitro benzene ring substituents is 1. The fraction of sp³-hybridized carbons (Fsp3) is 0.192. The summed E-state index contributed by atoms with van der Waals surface area (Å²) >= 11 is 6.52.